The van der Waals surface area contributed by atoms with Crippen LogP contribution in [0.1, 0.15) is 12.2 Å². The van der Waals surface area contributed by atoms with Gasteiger partial charge < -0.3 is 4.42 Å². The van der Waals surface area contributed by atoms with Gasteiger partial charge in [0.1, 0.15) is 5.76 Å². The molecule has 0 N–H and O–H groups in total. The Morgan fingerprint density at radius 3 is 2.52 bits per heavy atom. The van der Waals surface area contributed by atoms with Crippen molar-refractivity contribution in [1.82, 2.24) is 4.31 Å². The van der Waals surface area contributed by atoms with Gasteiger partial charge in [-0.15, -0.1) is 0 Å². The molecule has 1 aromatic carbocycles. The third-order valence-corrected chi connectivity index (χ3v) is 5.22. The summed E-state index contributed by atoms with van der Waals surface area (Å²) in [5.74, 6) is 0.536. The maximum Gasteiger partial charge on any atom is 0.243 e. The van der Waals surface area contributed by atoms with Gasteiger partial charge in [0.2, 0.25) is 10.0 Å². The normalized spacial score (nSPS) is 11.5. The molecule has 0 bridgehead atoms. The van der Waals surface area contributed by atoms with Crippen LogP contribution in [-0.2, 0) is 16.6 Å². The van der Waals surface area contributed by atoms with Crippen LogP contribution in [0.3, 0.4) is 0 Å². The maximum atomic E-state index is 12.6. The number of halogens is 1. The number of nitrogens with zero attached hydrogens (tertiary/aromatic N) is 2. The fraction of sp³-hybridized carbons (Fsp3) is 0.214. The third kappa shape index (κ3) is 3.94. The average molecular weight is 369 g/mol. The lowest BCUT2D eigenvalue weighted by molar-refractivity contribution is 0.368. The van der Waals surface area contributed by atoms with Gasteiger partial charge in [0.05, 0.1) is 23.8 Å². The van der Waals surface area contributed by atoms with Crippen LogP contribution in [0.15, 0.2) is 56.4 Å². The summed E-state index contributed by atoms with van der Waals surface area (Å²) >= 11 is 3.27. The molecule has 2 aromatic rings. The number of sulfonamides is 1. The van der Waals surface area contributed by atoms with Crippen molar-refractivity contribution < 1.29 is 12.8 Å². The highest BCUT2D eigenvalue weighted by Gasteiger charge is 2.25. The molecule has 0 fully saturated rings. The molecule has 7 heteroatoms. The van der Waals surface area contributed by atoms with E-state index in [-0.39, 0.29) is 24.4 Å². The molecule has 0 radical (unpaired) electrons. The first kappa shape index (κ1) is 15.8. The summed E-state index contributed by atoms with van der Waals surface area (Å²) < 4.78 is 32.5. The lowest BCUT2D eigenvalue weighted by atomic mass is 10.4. The van der Waals surface area contributed by atoms with Crippen LogP contribution in [0.5, 0.6) is 0 Å². The minimum absolute atomic E-state index is 0.104. The standard InChI is InChI=1S/C14H13BrN2O3S/c15-12-4-6-14(7-5-12)21(18,19)17(9-2-8-16)11-13-3-1-10-20-13/h1,3-7,10H,2,9,11H2. The van der Waals surface area contributed by atoms with Crippen LogP contribution in [0, 0.1) is 11.3 Å². The van der Waals surface area contributed by atoms with Gasteiger partial charge in [-0.05, 0) is 36.4 Å². The van der Waals surface area contributed by atoms with Crippen LogP contribution in [0.4, 0.5) is 0 Å². The van der Waals surface area contributed by atoms with E-state index in [4.69, 9.17) is 9.68 Å². The molecular formula is C14H13BrN2O3S. The Morgan fingerprint density at radius 2 is 1.95 bits per heavy atom. The van der Waals surface area contributed by atoms with E-state index in [9.17, 15) is 8.42 Å². The van der Waals surface area contributed by atoms with Gasteiger partial charge in [-0.3, -0.25) is 0 Å². The van der Waals surface area contributed by atoms with Crippen molar-refractivity contribution in [3.63, 3.8) is 0 Å². The fourth-order valence-electron chi connectivity index (χ4n) is 1.79. The average Bonchev–Trinajstić information content (AvgIpc) is 2.96. The molecule has 0 atom stereocenters. The highest BCUT2D eigenvalue weighted by molar-refractivity contribution is 9.10. The summed E-state index contributed by atoms with van der Waals surface area (Å²) in [4.78, 5) is 0.190. The molecule has 1 aromatic heterocycles. The monoisotopic (exact) mass is 368 g/mol. The smallest absolute Gasteiger partial charge is 0.243 e. The number of nitriles is 1. The second-order valence-electron chi connectivity index (χ2n) is 4.28. The van der Waals surface area contributed by atoms with Gasteiger partial charge in [0, 0.05) is 17.4 Å². The van der Waals surface area contributed by atoms with Crippen molar-refractivity contribution >= 4 is 26.0 Å². The van der Waals surface area contributed by atoms with E-state index in [2.05, 4.69) is 15.9 Å². The van der Waals surface area contributed by atoms with Crippen molar-refractivity contribution in [3.05, 3.63) is 52.9 Å². The Kier molecular flexibility index (Phi) is 5.17. The van der Waals surface area contributed by atoms with Crippen LogP contribution in [0.2, 0.25) is 0 Å². The van der Waals surface area contributed by atoms with Crippen LogP contribution >= 0.6 is 15.9 Å². The van der Waals surface area contributed by atoms with E-state index in [0.29, 0.717) is 5.76 Å². The van der Waals surface area contributed by atoms with Gasteiger partial charge in [0.15, 0.2) is 0 Å². The first-order valence-electron chi connectivity index (χ1n) is 6.19. The first-order valence-corrected chi connectivity index (χ1v) is 8.42. The molecule has 21 heavy (non-hydrogen) atoms. The van der Waals surface area contributed by atoms with Gasteiger partial charge in [0.25, 0.3) is 0 Å². The molecule has 1 heterocycles. The summed E-state index contributed by atoms with van der Waals surface area (Å²) in [6, 6.07) is 11.8. The molecule has 0 saturated heterocycles. The zero-order valence-electron chi connectivity index (χ0n) is 11.1. The summed E-state index contributed by atoms with van der Waals surface area (Å²) in [5.41, 5.74) is 0. The summed E-state index contributed by atoms with van der Waals surface area (Å²) in [6.45, 7) is 0.225. The minimum atomic E-state index is -3.66. The van der Waals surface area contributed by atoms with Gasteiger partial charge in [-0.2, -0.15) is 9.57 Å². The molecule has 0 amide bonds. The Balaban J connectivity index is 2.29. The highest BCUT2D eigenvalue weighted by atomic mass is 79.9. The Morgan fingerprint density at radius 1 is 1.24 bits per heavy atom. The quantitative estimate of drug-likeness (QED) is 0.784. The zero-order valence-corrected chi connectivity index (χ0v) is 13.5. The first-order chi connectivity index (χ1) is 10.0. The molecule has 0 unspecified atom stereocenters. The number of hydrogen-bond donors (Lipinski definition) is 0. The predicted octanol–water partition coefficient (Wildman–Crippen LogP) is 3.15. The number of furan rings is 1. The number of benzene rings is 1. The van der Waals surface area contributed by atoms with E-state index in [1.807, 2.05) is 6.07 Å². The SMILES string of the molecule is N#CCCN(Cc1ccco1)S(=O)(=O)c1ccc(Br)cc1. The second-order valence-corrected chi connectivity index (χ2v) is 7.13. The summed E-state index contributed by atoms with van der Waals surface area (Å²) in [6.07, 6.45) is 1.61. The lowest BCUT2D eigenvalue weighted by Crippen LogP contribution is -2.31. The molecule has 0 aliphatic carbocycles. The van der Waals surface area contributed by atoms with Gasteiger partial charge in [-0.1, -0.05) is 15.9 Å². The summed E-state index contributed by atoms with van der Waals surface area (Å²) in [7, 11) is -3.66. The van der Waals surface area contributed by atoms with Gasteiger partial charge in [-0.25, -0.2) is 8.42 Å². The third-order valence-electron chi connectivity index (χ3n) is 2.84. The molecule has 110 valence electrons. The van der Waals surface area contributed by atoms with E-state index in [1.54, 1.807) is 24.3 Å². The van der Waals surface area contributed by atoms with Crippen LogP contribution in [0.25, 0.3) is 0 Å². The largest absolute Gasteiger partial charge is 0.468 e. The molecule has 0 aliphatic rings. The Hall–Kier alpha value is -1.62. The van der Waals surface area contributed by atoms with E-state index >= 15 is 0 Å². The molecule has 5 nitrogen and oxygen atoms in total. The van der Waals surface area contributed by atoms with E-state index < -0.39 is 10.0 Å². The summed E-state index contributed by atoms with van der Waals surface area (Å²) in [5, 5.41) is 8.71. The van der Waals surface area contributed by atoms with E-state index in [1.165, 1.54) is 22.7 Å². The second kappa shape index (κ2) is 6.89. The van der Waals surface area contributed by atoms with Gasteiger partial charge >= 0.3 is 0 Å². The fourth-order valence-corrected chi connectivity index (χ4v) is 3.46. The molecule has 0 spiro atoms. The molecule has 2 rings (SSSR count). The van der Waals surface area contributed by atoms with Crippen molar-refractivity contribution in [2.75, 3.05) is 6.54 Å². The lowest BCUT2D eigenvalue weighted by Gasteiger charge is -2.20. The number of rotatable bonds is 6. The van der Waals surface area contributed by atoms with Crippen molar-refractivity contribution in [2.45, 2.75) is 17.9 Å². The van der Waals surface area contributed by atoms with Crippen molar-refractivity contribution in [3.8, 4) is 6.07 Å². The van der Waals surface area contributed by atoms with Crippen LogP contribution < -0.4 is 0 Å². The Labute approximate surface area is 132 Å². The molecule has 0 aliphatic heterocycles. The highest BCUT2D eigenvalue weighted by Crippen LogP contribution is 2.21. The topological polar surface area (TPSA) is 74.3 Å². The van der Waals surface area contributed by atoms with Crippen molar-refractivity contribution in [2.24, 2.45) is 0 Å². The number of hydrogen-bond acceptors (Lipinski definition) is 4. The maximum absolute atomic E-state index is 12.6. The van der Waals surface area contributed by atoms with Crippen LogP contribution in [-0.4, -0.2) is 19.3 Å². The Bertz CT molecular complexity index is 719. The zero-order chi connectivity index (χ0) is 15.3. The van der Waals surface area contributed by atoms with Crippen molar-refractivity contribution in [1.29, 1.82) is 5.26 Å². The minimum Gasteiger partial charge on any atom is -0.468 e. The molecule has 0 saturated carbocycles. The predicted molar refractivity (Wildman–Crippen MR) is 80.7 cm³/mol. The molecular weight excluding hydrogens is 356 g/mol. The van der Waals surface area contributed by atoms with E-state index in [0.717, 1.165) is 4.47 Å².